The predicted molar refractivity (Wildman–Crippen MR) is 116 cm³/mol. The van der Waals surface area contributed by atoms with Gasteiger partial charge in [0.2, 0.25) is 0 Å². The molecule has 0 radical (unpaired) electrons. The van der Waals surface area contributed by atoms with Crippen molar-refractivity contribution in [3.63, 3.8) is 0 Å². The molecule has 13 heteroatoms. The minimum atomic E-state index is -5.67. The highest BCUT2D eigenvalue weighted by Gasteiger charge is 2.42. The Hall–Kier alpha value is -3.19. The van der Waals surface area contributed by atoms with Crippen molar-refractivity contribution < 1.29 is 40.3 Å². The van der Waals surface area contributed by atoms with Crippen molar-refractivity contribution in [1.82, 2.24) is 0 Å². The zero-order valence-corrected chi connectivity index (χ0v) is 18.6. The Morgan fingerprint density at radius 1 is 1.00 bits per heavy atom. The van der Waals surface area contributed by atoms with Crippen molar-refractivity contribution in [2.45, 2.75) is 12.6 Å². The van der Waals surface area contributed by atoms with Gasteiger partial charge < -0.3 is 15.4 Å². The first-order chi connectivity index (χ1) is 15.9. The van der Waals surface area contributed by atoms with E-state index < -0.39 is 51.8 Å². The number of anilines is 2. The molecule has 180 valence electrons. The third-order valence-electron chi connectivity index (χ3n) is 4.42. The lowest BCUT2D eigenvalue weighted by Gasteiger charge is -2.16. The molecular weight excluding hydrogens is 509 g/mol. The Kier molecular flexibility index (Phi) is 7.46. The van der Waals surface area contributed by atoms with E-state index in [1.54, 1.807) is 0 Å². The van der Waals surface area contributed by atoms with Gasteiger partial charge in [0.15, 0.2) is 28.4 Å². The van der Waals surface area contributed by atoms with Crippen LogP contribution < -0.4 is 10.6 Å². The van der Waals surface area contributed by atoms with Gasteiger partial charge in [0.1, 0.15) is 16.3 Å². The molecular formula is C21H13F7N2O2S2. The maximum absolute atomic E-state index is 14.1. The van der Waals surface area contributed by atoms with Crippen LogP contribution in [0.1, 0.15) is 26.4 Å². The van der Waals surface area contributed by atoms with Crippen molar-refractivity contribution in [1.29, 1.82) is 0 Å². The number of benzene rings is 2. The lowest BCUT2D eigenvalue weighted by Crippen LogP contribution is -2.24. The van der Waals surface area contributed by atoms with Gasteiger partial charge in [-0.2, -0.15) is 13.2 Å². The monoisotopic (exact) mass is 522 g/mol. The maximum Gasteiger partial charge on any atom is 0.422 e. The summed E-state index contributed by atoms with van der Waals surface area (Å²) in [5.41, 5.74) is -3.36. The van der Waals surface area contributed by atoms with E-state index in [1.807, 2.05) is 35.6 Å². The van der Waals surface area contributed by atoms with Crippen LogP contribution >= 0.6 is 23.6 Å². The highest BCUT2D eigenvalue weighted by atomic mass is 32.1. The van der Waals surface area contributed by atoms with E-state index in [-0.39, 0.29) is 10.6 Å². The zero-order chi connectivity index (χ0) is 25.2. The van der Waals surface area contributed by atoms with Crippen molar-refractivity contribution in [3.8, 4) is 0 Å². The van der Waals surface area contributed by atoms with Crippen LogP contribution in [0.15, 0.2) is 36.4 Å². The van der Waals surface area contributed by atoms with Crippen LogP contribution in [0.2, 0.25) is 0 Å². The van der Waals surface area contributed by atoms with Gasteiger partial charge >= 0.3 is 12.1 Å². The minimum Gasteiger partial charge on any atom is -0.465 e. The van der Waals surface area contributed by atoms with Gasteiger partial charge in [-0.15, -0.1) is 11.3 Å². The van der Waals surface area contributed by atoms with Crippen LogP contribution in [0.4, 0.5) is 41.4 Å². The lowest BCUT2D eigenvalue weighted by molar-refractivity contribution is -0.143. The Balaban J connectivity index is 1.89. The summed E-state index contributed by atoms with van der Waals surface area (Å²) in [6.45, 7) is 0. The fraction of sp³-hybridized carbons (Fsp3) is 0.143. The van der Waals surface area contributed by atoms with Gasteiger partial charge in [-0.1, -0.05) is 30.3 Å². The molecule has 0 bridgehead atoms. The van der Waals surface area contributed by atoms with Gasteiger partial charge in [-0.25, -0.2) is 22.4 Å². The average molecular weight is 522 g/mol. The molecule has 0 unspecified atom stereocenters. The van der Waals surface area contributed by atoms with Crippen LogP contribution in [0.3, 0.4) is 0 Å². The Morgan fingerprint density at radius 2 is 1.59 bits per heavy atom. The molecule has 0 aliphatic heterocycles. The molecule has 0 saturated heterocycles. The number of methoxy groups -OCH3 is 1. The van der Waals surface area contributed by atoms with Crippen LogP contribution in [0.25, 0.3) is 0 Å². The maximum atomic E-state index is 14.1. The summed E-state index contributed by atoms with van der Waals surface area (Å²) in [6, 6.07) is 10.6. The summed E-state index contributed by atoms with van der Waals surface area (Å²) < 4.78 is 98.9. The number of carbonyl (C=O) groups is 1. The molecule has 0 fully saturated rings. The first-order valence-electron chi connectivity index (χ1n) is 9.20. The number of thiophene rings is 1. The summed E-state index contributed by atoms with van der Waals surface area (Å²) in [5, 5.41) is 3.69. The van der Waals surface area contributed by atoms with Crippen molar-refractivity contribution in [2.75, 3.05) is 17.7 Å². The highest BCUT2D eigenvalue weighted by Crippen LogP contribution is 2.38. The second kappa shape index (κ2) is 9.97. The normalized spacial score (nSPS) is 11.3. The van der Waals surface area contributed by atoms with E-state index in [0.29, 0.717) is 11.3 Å². The van der Waals surface area contributed by atoms with Gasteiger partial charge in [0.25, 0.3) is 0 Å². The first kappa shape index (κ1) is 25.4. The molecule has 0 aliphatic carbocycles. The molecule has 0 spiro atoms. The van der Waals surface area contributed by atoms with Gasteiger partial charge in [0, 0.05) is 11.3 Å². The van der Waals surface area contributed by atoms with Crippen molar-refractivity contribution in [3.05, 3.63) is 81.2 Å². The number of ether oxygens (including phenoxy) is 1. The number of rotatable bonds is 5. The van der Waals surface area contributed by atoms with Crippen LogP contribution in [-0.2, 0) is 17.3 Å². The molecule has 3 rings (SSSR count). The first-order valence-corrected chi connectivity index (χ1v) is 10.4. The average Bonchev–Trinajstić information content (AvgIpc) is 3.16. The Bertz CT molecular complexity index is 1220. The molecule has 0 saturated carbocycles. The van der Waals surface area contributed by atoms with Gasteiger partial charge in [-0.3, -0.25) is 0 Å². The number of carbonyl (C=O) groups excluding carboxylic acids is 1. The number of thiocarbonyl (C=S) groups is 1. The summed E-state index contributed by atoms with van der Waals surface area (Å²) in [4.78, 5) is 12.8. The molecule has 1 aromatic heterocycles. The van der Waals surface area contributed by atoms with Gasteiger partial charge in [-0.05, 0) is 23.8 Å². The molecule has 0 aliphatic rings. The van der Waals surface area contributed by atoms with E-state index >= 15 is 0 Å². The standard InChI is InChI=1S/C21H13F7N2O2S2/c1-32-19(31)11-8-10(7-9-5-3-2-4-6-9)34-18(11)30-20(33)29-17-15(24)13(22)12(21(26,27)28)14(23)16(17)25/h2-6,8H,7H2,1H3,(H2,29,30,33). The molecule has 0 amide bonds. The summed E-state index contributed by atoms with van der Waals surface area (Å²) in [7, 11) is 1.12. The molecule has 1 heterocycles. The fourth-order valence-electron chi connectivity index (χ4n) is 2.92. The quantitative estimate of drug-likeness (QED) is 0.173. The number of alkyl halides is 3. The second-order valence-electron chi connectivity index (χ2n) is 6.69. The van der Waals surface area contributed by atoms with Gasteiger partial charge in [0.05, 0.1) is 12.7 Å². The third-order valence-corrected chi connectivity index (χ3v) is 5.68. The summed E-state index contributed by atoms with van der Waals surface area (Å²) >= 11 is 5.92. The van der Waals surface area contributed by atoms with Crippen molar-refractivity contribution >= 4 is 45.3 Å². The SMILES string of the molecule is COC(=O)c1cc(Cc2ccccc2)sc1NC(=S)Nc1c(F)c(F)c(C(F)(F)F)c(F)c1F. The zero-order valence-electron chi connectivity index (χ0n) is 16.9. The van der Waals surface area contributed by atoms with E-state index in [4.69, 9.17) is 17.0 Å². The predicted octanol–water partition coefficient (Wildman–Crippen LogP) is 6.51. The topological polar surface area (TPSA) is 50.4 Å². The lowest BCUT2D eigenvalue weighted by atomic mass is 10.1. The van der Waals surface area contributed by atoms with Crippen LogP contribution in [0, 0.1) is 23.3 Å². The largest absolute Gasteiger partial charge is 0.465 e. The van der Waals surface area contributed by atoms with E-state index in [1.165, 1.54) is 6.07 Å². The second-order valence-corrected chi connectivity index (χ2v) is 8.24. The van der Waals surface area contributed by atoms with Crippen LogP contribution in [-0.4, -0.2) is 18.2 Å². The molecule has 2 aromatic carbocycles. The van der Waals surface area contributed by atoms with Crippen LogP contribution in [0.5, 0.6) is 0 Å². The Morgan fingerprint density at radius 3 is 2.12 bits per heavy atom. The molecule has 34 heavy (non-hydrogen) atoms. The number of nitrogens with one attached hydrogen (secondary N) is 2. The fourth-order valence-corrected chi connectivity index (χ4v) is 4.27. The summed E-state index contributed by atoms with van der Waals surface area (Å²) in [5.74, 6) is -10.7. The summed E-state index contributed by atoms with van der Waals surface area (Å²) in [6.07, 6.45) is -5.26. The smallest absolute Gasteiger partial charge is 0.422 e. The van der Waals surface area contributed by atoms with E-state index in [0.717, 1.165) is 24.0 Å². The Labute approximate surface area is 197 Å². The number of halogens is 7. The number of esters is 1. The molecule has 4 nitrogen and oxygen atoms in total. The van der Waals surface area contributed by atoms with E-state index in [2.05, 4.69) is 5.32 Å². The highest BCUT2D eigenvalue weighted by molar-refractivity contribution is 7.80. The molecule has 0 atom stereocenters. The third kappa shape index (κ3) is 5.30. The number of hydrogen-bond acceptors (Lipinski definition) is 4. The molecule has 2 N–H and O–H groups in total. The minimum absolute atomic E-state index is 0.00769. The van der Waals surface area contributed by atoms with Crippen molar-refractivity contribution in [2.24, 2.45) is 0 Å². The van der Waals surface area contributed by atoms with E-state index in [9.17, 15) is 35.5 Å². The molecule has 3 aromatic rings. The number of hydrogen-bond donors (Lipinski definition) is 2.